The van der Waals surface area contributed by atoms with Crippen molar-refractivity contribution >= 4 is 35.8 Å². The summed E-state index contributed by atoms with van der Waals surface area (Å²) in [6.07, 6.45) is 5.36. The number of rotatable bonds is 13. The minimum absolute atomic E-state index is 0. The summed E-state index contributed by atoms with van der Waals surface area (Å²) in [4.78, 5) is 42.8. The highest BCUT2D eigenvalue weighted by molar-refractivity contribution is 5.98. The van der Waals surface area contributed by atoms with Crippen LogP contribution in [0.15, 0.2) is 60.7 Å². The molecular formula is C39H50ClN9O5. The number of nitrogens with one attached hydrogen (secondary N) is 4. The molecule has 1 aliphatic carbocycles. The van der Waals surface area contributed by atoms with Gasteiger partial charge < -0.3 is 36.1 Å². The number of carbonyl (C=O) groups is 3. The van der Waals surface area contributed by atoms with Crippen molar-refractivity contribution in [1.29, 1.82) is 0 Å². The largest absolute Gasteiger partial charge is 0.496 e. The number of amides is 3. The zero-order valence-corrected chi connectivity index (χ0v) is 31.8. The number of aromatic amines is 1. The number of piperidine rings is 1. The number of tetrazole rings is 1. The molecule has 0 radical (unpaired) electrons. The Hall–Kier alpha value is -5.05. The molecule has 3 amide bonds. The van der Waals surface area contributed by atoms with E-state index >= 15 is 0 Å². The number of aromatic nitrogens is 4. The number of anilines is 1. The molecule has 54 heavy (non-hydrogen) atoms. The first-order valence-electron chi connectivity index (χ1n) is 18.2. The lowest BCUT2D eigenvalue weighted by Crippen LogP contribution is -2.48. The van der Waals surface area contributed by atoms with Crippen molar-refractivity contribution in [3.8, 4) is 34.0 Å². The van der Waals surface area contributed by atoms with E-state index in [2.05, 4.69) is 48.5 Å². The van der Waals surface area contributed by atoms with Crippen molar-refractivity contribution in [1.82, 2.24) is 36.2 Å². The predicted molar refractivity (Wildman–Crippen MR) is 209 cm³/mol. The fraction of sp³-hybridized carbons (Fsp3) is 0.436. The first kappa shape index (κ1) is 40.1. The minimum atomic E-state index is -0.830. The van der Waals surface area contributed by atoms with E-state index in [9.17, 15) is 14.4 Å². The Kier molecular flexibility index (Phi) is 14.0. The summed E-state index contributed by atoms with van der Waals surface area (Å²) in [6.45, 7) is 2.51. The van der Waals surface area contributed by atoms with Crippen LogP contribution in [0.3, 0.4) is 0 Å². The number of nitrogens with zero attached hydrogens (tertiary/aromatic N) is 4. The summed E-state index contributed by atoms with van der Waals surface area (Å²) in [6, 6.07) is 17.6. The Morgan fingerprint density at radius 2 is 1.54 bits per heavy atom. The molecule has 2 heterocycles. The van der Waals surface area contributed by atoms with Crippen LogP contribution in [0, 0.1) is 11.8 Å². The zero-order chi connectivity index (χ0) is 37.3. The summed E-state index contributed by atoms with van der Waals surface area (Å²) in [5, 5.41) is 23.2. The maximum atomic E-state index is 13.8. The third-order valence-corrected chi connectivity index (χ3v) is 10.4. The van der Waals surface area contributed by atoms with Crippen molar-refractivity contribution in [2.45, 2.75) is 57.0 Å². The Morgan fingerprint density at radius 1 is 0.907 bits per heavy atom. The summed E-state index contributed by atoms with van der Waals surface area (Å²) in [7, 11) is 5.22. The normalized spacial score (nSPS) is 18.1. The van der Waals surface area contributed by atoms with Gasteiger partial charge in [0.05, 0.1) is 19.8 Å². The minimum Gasteiger partial charge on any atom is -0.496 e. The van der Waals surface area contributed by atoms with Gasteiger partial charge in [0.25, 0.3) is 5.91 Å². The maximum Gasteiger partial charge on any atom is 0.251 e. The van der Waals surface area contributed by atoms with E-state index in [1.54, 1.807) is 50.6 Å². The van der Waals surface area contributed by atoms with Gasteiger partial charge >= 0.3 is 0 Å². The zero-order valence-electron chi connectivity index (χ0n) is 31.0. The van der Waals surface area contributed by atoms with Gasteiger partial charge in [-0.2, -0.15) is 5.21 Å². The molecule has 3 aromatic carbocycles. The van der Waals surface area contributed by atoms with E-state index in [-0.39, 0.29) is 48.5 Å². The quantitative estimate of drug-likeness (QED) is 0.132. The standard InChI is InChI=1S/C39H49N9O5.ClH/c1-48-18-16-31(17-19-48)41-38(50)29-21-33(52-2)35(34(22-29)53-3)26-8-4-24(5-9-26)20-32(43-37(49)28-10-6-25(23-40)7-11-28)39(51)42-30-14-12-27(13-15-30)36-44-46-47-45-36;/h4-5,8-9,12-15,21-22,25,28,31-32H,6-7,10-11,16-20,23,40H2,1-3H3,(H,41,50)(H,42,51)(H,43,49)(H,44,45,46,47);1H/t25?,28?,32-;/m0./s1. The van der Waals surface area contributed by atoms with Crippen LogP contribution in [0.25, 0.3) is 22.5 Å². The number of carbonyl (C=O) groups excluding carboxylic acids is 3. The smallest absolute Gasteiger partial charge is 0.251 e. The Labute approximate surface area is 321 Å². The van der Waals surface area contributed by atoms with Crippen molar-refractivity contribution in [3.63, 3.8) is 0 Å². The van der Waals surface area contributed by atoms with Crippen molar-refractivity contribution in [3.05, 3.63) is 71.8 Å². The van der Waals surface area contributed by atoms with Gasteiger partial charge in [0, 0.05) is 35.2 Å². The number of hydrogen-bond acceptors (Lipinski definition) is 10. The molecule has 1 saturated heterocycles. The van der Waals surface area contributed by atoms with Crippen LogP contribution in [-0.2, 0) is 16.0 Å². The maximum absolute atomic E-state index is 13.8. The van der Waals surface area contributed by atoms with Crippen LogP contribution < -0.4 is 31.2 Å². The first-order valence-corrected chi connectivity index (χ1v) is 18.2. The van der Waals surface area contributed by atoms with Crippen LogP contribution in [0.1, 0.15) is 54.4 Å². The van der Waals surface area contributed by atoms with E-state index < -0.39 is 6.04 Å². The lowest BCUT2D eigenvalue weighted by Gasteiger charge is -2.29. The predicted octanol–water partition coefficient (Wildman–Crippen LogP) is 4.23. The molecular weight excluding hydrogens is 710 g/mol. The summed E-state index contributed by atoms with van der Waals surface area (Å²) in [5.41, 5.74) is 10.0. The molecule has 0 bridgehead atoms. The van der Waals surface area contributed by atoms with Gasteiger partial charge in [-0.15, -0.1) is 22.6 Å². The van der Waals surface area contributed by atoms with Gasteiger partial charge in [0.2, 0.25) is 17.6 Å². The molecule has 14 nitrogen and oxygen atoms in total. The first-order chi connectivity index (χ1) is 25.7. The number of hydrogen-bond donors (Lipinski definition) is 5. The number of ether oxygens (including phenoxy) is 2. The molecule has 1 saturated carbocycles. The molecule has 288 valence electrons. The molecule has 6 rings (SSSR count). The number of likely N-dealkylation sites (tertiary alicyclic amines) is 1. The number of benzene rings is 3. The molecule has 1 aliphatic heterocycles. The molecule has 0 spiro atoms. The third kappa shape index (κ3) is 9.92. The third-order valence-electron chi connectivity index (χ3n) is 10.4. The van der Waals surface area contributed by atoms with E-state index in [1.165, 1.54) is 0 Å². The van der Waals surface area contributed by atoms with E-state index in [0.717, 1.165) is 68.3 Å². The second kappa shape index (κ2) is 18.8. The van der Waals surface area contributed by atoms with Crippen LogP contribution >= 0.6 is 12.4 Å². The molecule has 1 atom stereocenters. The van der Waals surface area contributed by atoms with Gasteiger partial charge in [-0.05, 0) is 124 Å². The van der Waals surface area contributed by atoms with E-state index in [4.69, 9.17) is 15.2 Å². The highest BCUT2D eigenvalue weighted by Crippen LogP contribution is 2.40. The summed E-state index contributed by atoms with van der Waals surface area (Å²) in [5.74, 6) is 1.10. The molecule has 2 aliphatic rings. The highest BCUT2D eigenvalue weighted by Gasteiger charge is 2.30. The Bertz CT molecular complexity index is 1820. The molecule has 0 unspecified atom stereocenters. The van der Waals surface area contributed by atoms with Gasteiger partial charge in [0.15, 0.2) is 0 Å². The fourth-order valence-electron chi connectivity index (χ4n) is 7.17. The Balaban J connectivity index is 0.00000561. The summed E-state index contributed by atoms with van der Waals surface area (Å²) < 4.78 is 11.6. The second-order valence-electron chi connectivity index (χ2n) is 14.0. The van der Waals surface area contributed by atoms with Crippen molar-refractivity contribution in [2.75, 3.05) is 46.2 Å². The number of nitrogens with two attached hydrogens (primary N) is 1. The average molecular weight is 760 g/mol. The number of H-pyrrole nitrogens is 1. The van der Waals surface area contributed by atoms with Crippen molar-refractivity contribution < 1.29 is 23.9 Å². The Morgan fingerprint density at radius 3 is 2.11 bits per heavy atom. The molecule has 15 heteroatoms. The van der Waals surface area contributed by atoms with Crippen LogP contribution in [0.2, 0.25) is 0 Å². The topological polar surface area (TPSA) is 189 Å². The average Bonchev–Trinajstić information content (AvgIpc) is 3.74. The summed E-state index contributed by atoms with van der Waals surface area (Å²) >= 11 is 0. The monoisotopic (exact) mass is 759 g/mol. The van der Waals surface area contributed by atoms with Gasteiger partial charge in [0.1, 0.15) is 17.5 Å². The van der Waals surface area contributed by atoms with Crippen molar-refractivity contribution in [2.24, 2.45) is 17.6 Å². The second-order valence-corrected chi connectivity index (χ2v) is 14.0. The lowest BCUT2D eigenvalue weighted by atomic mass is 9.81. The SMILES string of the molecule is COc1cc(C(=O)NC2CCN(C)CC2)cc(OC)c1-c1ccc(C[C@H](NC(=O)C2CCC(CN)CC2)C(=O)Nc2ccc(-c3nn[nH]n3)cc2)cc1.Cl. The van der Waals surface area contributed by atoms with E-state index in [1.807, 2.05) is 24.3 Å². The van der Waals surface area contributed by atoms with Gasteiger partial charge in [-0.25, -0.2) is 0 Å². The fourth-order valence-corrected chi connectivity index (χ4v) is 7.17. The number of halogens is 1. The van der Waals surface area contributed by atoms with Gasteiger partial charge in [-0.1, -0.05) is 24.3 Å². The van der Waals surface area contributed by atoms with Crippen LogP contribution in [0.4, 0.5) is 5.69 Å². The van der Waals surface area contributed by atoms with Crippen LogP contribution in [0.5, 0.6) is 11.5 Å². The highest BCUT2D eigenvalue weighted by atomic mass is 35.5. The van der Waals surface area contributed by atoms with Crippen LogP contribution in [-0.4, -0.2) is 96.2 Å². The van der Waals surface area contributed by atoms with E-state index in [0.29, 0.717) is 46.6 Å². The molecule has 2 fully saturated rings. The molecule has 4 aromatic rings. The molecule has 6 N–H and O–H groups in total. The molecule has 1 aromatic heterocycles. The van der Waals surface area contributed by atoms with Gasteiger partial charge in [-0.3, -0.25) is 14.4 Å². The lowest BCUT2D eigenvalue weighted by molar-refractivity contribution is -0.130. The number of methoxy groups -OCH3 is 2.